The van der Waals surface area contributed by atoms with Crippen LogP contribution in [0.25, 0.3) is 0 Å². The number of carbonyl (C=O) groups excluding carboxylic acids is 3. The summed E-state index contributed by atoms with van der Waals surface area (Å²) in [4.78, 5) is 38.4. The molecule has 0 heterocycles. The second-order valence-electron chi connectivity index (χ2n) is 24.5. The summed E-state index contributed by atoms with van der Waals surface area (Å²) in [5, 5.41) is 0. The zero-order chi connectivity index (χ0) is 59.9. The molecule has 0 aromatic heterocycles. The molecule has 0 N–H and O–H groups in total. The summed E-state index contributed by atoms with van der Waals surface area (Å²) in [6, 6.07) is 0. The van der Waals surface area contributed by atoms with Crippen LogP contribution in [0.15, 0.2) is 72.9 Å². The van der Waals surface area contributed by atoms with E-state index in [1.165, 1.54) is 231 Å². The predicted molar refractivity (Wildman–Crippen MR) is 362 cm³/mol. The number of esters is 3. The molecule has 0 saturated heterocycles. The van der Waals surface area contributed by atoms with E-state index in [9.17, 15) is 14.4 Å². The minimum atomic E-state index is -0.787. The van der Waals surface area contributed by atoms with Crippen LogP contribution in [0.4, 0.5) is 0 Å². The van der Waals surface area contributed by atoms with Gasteiger partial charge in [0.15, 0.2) is 6.10 Å². The van der Waals surface area contributed by atoms with Crippen LogP contribution in [0.5, 0.6) is 0 Å². The summed E-state index contributed by atoms with van der Waals surface area (Å²) in [6.07, 6.45) is 93.8. The third kappa shape index (κ3) is 69.5. The molecular weight excluding hydrogens is 1020 g/mol. The predicted octanol–water partition coefficient (Wildman–Crippen LogP) is 25.2. The summed E-state index contributed by atoms with van der Waals surface area (Å²) in [5.41, 5.74) is 0. The van der Waals surface area contributed by atoms with Crippen molar-refractivity contribution in [3.05, 3.63) is 72.9 Å². The van der Waals surface area contributed by atoms with Crippen molar-refractivity contribution in [2.24, 2.45) is 0 Å². The second kappa shape index (κ2) is 71.3. The van der Waals surface area contributed by atoms with Crippen LogP contribution in [0, 0.1) is 0 Å². The van der Waals surface area contributed by atoms with Crippen molar-refractivity contribution in [1.29, 1.82) is 0 Å². The molecule has 1 unspecified atom stereocenters. The molecule has 0 aliphatic heterocycles. The number of rotatable bonds is 67. The van der Waals surface area contributed by atoms with Crippen LogP contribution < -0.4 is 0 Å². The van der Waals surface area contributed by atoms with E-state index < -0.39 is 6.10 Å². The normalized spacial score (nSPS) is 12.5. The molecule has 0 radical (unpaired) electrons. The lowest BCUT2D eigenvalue weighted by Crippen LogP contribution is -2.30. The highest BCUT2D eigenvalue weighted by atomic mass is 16.6. The zero-order valence-corrected chi connectivity index (χ0v) is 55.5. The van der Waals surface area contributed by atoms with Crippen molar-refractivity contribution < 1.29 is 28.6 Å². The summed E-state index contributed by atoms with van der Waals surface area (Å²) < 4.78 is 17.0. The molecule has 0 spiro atoms. The van der Waals surface area contributed by atoms with Gasteiger partial charge in [0.2, 0.25) is 0 Å². The summed E-state index contributed by atoms with van der Waals surface area (Å²) >= 11 is 0. The topological polar surface area (TPSA) is 78.9 Å². The van der Waals surface area contributed by atoms with Crippen molar-refractivity contribution in [3.63, 3.8) is 0 Å². The summed E-state index contributed by atoms with van der Waals surface area (Å²) in [6.45, 7) is 6.53. The zero-order valence-electron chi connectivity index (χ0n) is 55.5. The molecular formula is C77H138O6. The third-order valence-electron chi connectivity index (χ3n) is 16.2. The highest BCUT2D eigenvalue weighted by molar-refractivity contribution is 5.71. The van der Waals surface area contributed by atoms with Gasteiger partial charge in [0, 0.05) is 19.3 Å². The first-order valence-corrected chi connectivity index (χ1v) is 36.4. The highest BCUT2D eigenvalue weighted by Gasteiger charge is 2.19. The van der Waals surface area contributed by atoms with E-state index in [4.69, 9.17) is 14.2 Å². The molecule has 0 aliphatic rings. The standard InChI is InChI=1S/C77H138O6/c1-4-7-10-13-16-19-22-25-28-30-32-34-35-36-37-38-39-40-41-42-44-45-47-49-52-55-58-61-64-67-70-76(79)82-73-74(72-81-75(78)69-66-63-60-57-54-51-27-24-21-18-15-12-9-6-3)83-77(80)71-68-65-62-59-56-53-50-48-46-43-33-31-29-26-23-20-17-14-11-8-5-2/h8,11,15,17-18,20,24,26-27,29,33,43,74H,4-7,9-10,12-14,16,19,21-23,25,28,30-32,34-42,44-73H2,1-3H3/b11-8-,18-15-,20-17-,27-24-,29-26-,43-33-. The van der Waals surface area contributed by atoms with Crippen molar-refractivity contribution >= 4 is 17.9 Å². The minimum absolute atomic E-state index is 0.0800. The molecule has 1 atom stereocenters. The first kappa shape index (κ1) is 79.8. The second-order valence-corrected chi connectivity index (χ2v) is 24.5. The van der Waals surface area contributed by atoms with Crippen LogP contribution in [0.3, 0.4) is 0 Å². The fraction of sp³-hybridized carbons (Fsp3) is 0.805. The molecule has 6 nitrogen and oxygen atoms in total. The Kier molecular flexibility index (Phi) is 68.6. The van der Waals surface area contributed by atoms with E-state index in [1.54, 1.807) is 0 Å². The van der Waals surface area contributed by atoms with Gasteiger partial charge >= 0.3 is 17.9 Å². The quantitative estimate of drug-likeness (QED) is 0.0261. The van der Waals surface area contributed by atoms with Gasteiger partial charge in [-0.1, -0.05) is 351 Å². The number of hydrogen-bond donors (Lipinski definition) is 0. The first-order chi connectivity index (χ1) is 41.0. The average molecular weight is 1160 g/mol. The number of unbranched alkanes of at least 4 members (excludes halogenated alkanes) is 44. The van der Waals surface area contributed by atoms with Crippen molar-refractivity contribution in [2.75, 3.05) is 13.2 Å². The molecule has 482 valence electrons. The lowest BCUT2D eigenvalue weighted by Gasteiger charge is -2.18. The Balaban J connectivity index is 4.22. The Bertz CT molecular complexity index is 1520. The van der Waals surface area contributed by atoms with Crippen molar-refractivity contribution in [1.82, 2.24) is 0 Å². The smallest absolute Gasteiger partial charge is 0.306 e. The van der Waals surface area contributed by atoms with Crippen LogP contribution in [-0.4, -0.2) is 37.2 Å². The number of hydrogen-bond acceptors (Lipinski definition) is 6. The lowest BCUT2D eigenvalue weighted by molar-refractivity contribution is -0.167. The fourth-order valence-electron chi connectivity index (χ4n) is 10.7. The van der Waals surface area contributed by atoms with E-state index in [2.05, 4.69) is 93.7 Å². The average Bonchev–Trinajstić information content (AvgIpc) is 3.49. The summed E-state index contributed by atoms with van der Waals surface area (Å²) in [5.74, 6) is -0.882. The molecule has 6 heteroatoms. The van der Waals surface area contributed by atoms with Crippen LogP contribution >= 0.6 is 0 Å². The van der Waals surface area contributed by atoms with E-state index in [0.29, 0.717) is 19.3 Å². The highest BCUT2D eigenvalue weighted by Crippen LogP contribution is 2.19. The van der Waals surface area contributed by atoms with E-state index in [-0.39, 0.29) is 31.1 Å². The molecule has 0 rings (SSSR count). The van der Waals surface area contributed by atoms with Crippen molar-refractivity contribution in [3.8, 4) is 0 Å². The Morgan fingerprint density at radius 2 is 0.482 bits per heavy atom. The molecule has 0 bridgehead atoms. The van der Waals surface area contributed by atoms with Crippen LogP contribution in [-0.2, 0) is 28.6 Å². The molecule has 0 saturated carbocycles. The van der Waals surface area contributed by atoms with Gasteiger partial charge in [0.05, 0.1) is 0 Å². The van der Waals surface area contributed by atoms with Crippen LogP contribution in [0.1, 0.15) is 380 Å². The van der Waals surface area contributed by atoms with E-state index in [0.717, 1.165) is 109 Å². The first-order valence-electron chi connectivity index (χ1n) is 36.4. The molecule has 0 fully saturated rings. The minimum Gasteiger partial charge on any atom is -0.462 e. The molecule has 0 amide bonds. The van der Waals surface area contributed by atoms with E-state index in [1.807, 2.05) is 0 Å². The van der Waals surface area contributed by atoms with Gasteiger partial charge < -0.3 is 14.2 Å². The number of ether oxygens (including phenoxy) is 3. The van der Waals surface area contributed by atoms with Gasteiger partial charge in [-0.15, -0.1) is 0 Å². The number of allylic oxidation sites excluding steroid dienone is 12. The lowest BCUT2D eigenvalue weighted by atomic mass is 10.0. The Hall–Kier alpha value is -3.15. The molecule has 0 aliphatic carbocycles. The SMILES string of the molecule is CC/C=C\C/C=C\C/C=C\C/C=C\CCCCCCCCCCC(=O)OC(COC(=O)CCCCCCC/C=C\C/C=C\CCCC)COC(=O)CCCCCCCCCCCCCCCCCCCCCCCCCCCCCCCC. The van der Waals surface area contributed by atoms with Gasteiger partial charge in [0.1, 0.15) is 13.2 Å². The summed E-state index contributed by atoms with van der Waals surface area (Å²) in [7, 11) is 0. The maximum absolute atomic E-state index is 13.0. The van der Waals surface area contributed by atoms with E-state index >= 15 is 0 Å². The third-order valence-corrected chi connectivity index (χ3v) is 16.2. The van der Waals surface area contributed by atoms with Gasteiger partial charge in [-0.05, 0) is 83.5 Å². The fourth-order valence-corrected chi connectivity index (χ4v) is 10.7. The Morgan fingerprint density at radius 3 is 0.771 bits per heavy atom. The molecule has 0 aromatic carbocycles. The molecule has 83 heavy (non-hydrogen) atoms. The van der Waals surface area contributed by atoms with Gasteiger partial charge in [0.25, 0.3) is 0 Å². The van der Waals surface area contributed by atoms with Gasteiger partial charge in [-0.3, -0.25) is 14.4 Å². The monoisotopic (exact) mass is 1160 g/mol. The van der Waals surface area contributed by atoms with Crippen LogP contribution in [0.2, 0.25) is 0 Å². The van der Waals surface area contributed by atoms with Crippen molar-refractivity contribution in [2.45, 2.75) is 386 Å². The van der Waals surface area contributed by atoms with Gasteiger partial charge in [-0.2, -0.15) is 0 Å². The maximum Gasteiger partial charge on any atom is 0.306 e. The maximum atomic E-state index is 13.0. The largest absolute Gasteiger partial charge is 0.462 e. The number of carbonyl (C=O) groups is 3. The Labute approximate surface area is 516 Å². The Morgan fingerprint density at radius 1 is 0.253 bits per heavy atom. The van der Waals surface area contributed by atoms with Gasteiger partial charge in [-0.25, -0.2) is 0 Å². The molecule has 0 aromatic rings.